The van der Waals surface area contributed by atoms with Gasteiger partial charge in [0.15, 0.2) is 17.4 Å². The highest BCUT2D eigenvalue weighted by Crippen LogP contribution is 2.42. The number of hydrogen-bond acceptors (Lipinski definition) is 9. The molecule has 0 bridgehead atoms. The molecule has 0 spiro atoms. The molecule has 1 fully saturated rings. The van der Waals surface area contributed by atoms with Gasteiger partial charge in [-0.3, -0.25) is 19.3 Å². The van der Waals surface area contributed by atoms with Gasteiger partial charge in [0, 0.05) is 92.2 Å². The van der Waals surface area contributed by atoms with E-state index in [2.05, 4.69) is 20.3 Å². The highest BCUT2D eigenvalue weighted by atomic mass is 35.5. The number of piperazine rings is 1. The number of ether oxygens (including phenoxy) is 2. The monoisotopic (exact) mass is 749 g/mol. The fourth-order valence-electron chi connectivity index (χ4n) is 7.32. The number of benzene rings is 2. The molecule has 54 heavy (non-hydrogen) atoms. The van der Waals surface area contributed by atoms with Crippen LogP contribution in [-0.2, 0) is 11.3 Å². The van der Waals surface area contributed by atoms with E-state index < -0.39 is 5.82 Å². The first kappa shape index (κ1) is 35.0. The number of hydrogen-bond donors (Lipinski definition) is 1. The molecule has 0 saturated carbocycles. The molecule has 2 amide bonds. The fourth-order valence-corrected chi connectivity index (χ4v) is 7.47. The van der Waals surface area contributed by atoms with E-state index in [1.807, 2.05) is 35.2 Å². The second kappa shape index (κ2) is 14.8. The normalized spacial score (nSPS) is 14.8. The van der Waals surface area contributed by atoms with Gasteiger partial charge in [0.05, 0.1) is 43.0 Å². The van der Waals surface area contributed by atoms with Gasteiger partial charge in [-0.2, -0.15) is 0 Å². The van der Waals surface area contributed by atoms with Crippen molar-refractivity contribution in [1.29, 1.82) is 0 Å². The zero-order valence-corrected chi connectivity index (χ0v) is 30.5. The number of pyridine rings is 2. The van der Waals surface area contributed by atoms with Crippen LogP contribution in [0.15, 0.2) is 73.3 Å². The molecule has 4 aromatic heterocycles. The number of fused-ring (bicyclic) bond motifs is 2. The molecule has 0 atom stereocenters. The van der Waals surface area contributed by atoms with Crippen LogP contribution in [0.5, 0.6) is 11.5 Å². The summed E-state index contributed by atoms with van der Waals surface area (Å²) in [5.74, 6) is 0.981. The second-order valence-corrected chi connectivity index (χ2v) is 13.6. The van der Waals surface area contributed by atoms with E-state index in [0.717, 1.165) is 10.9 Å². The van der Waals surface area contributed by atoms with Crippen molar-refractivity contribution in [2.75, 3.05) is 58.4 Å². The van der Waals surface area contributed by atoms with E-state index >= 15 is 4.39 Å². The molecule has 15 heteroatoms. The number of H-pyrrole nitrogens is 1. The van der Waals surface area contributed by atoms with Gasteiger partial charge >= 0.3 is 0 Å². The number of methoxy groups -OCH3 is 2. The topological polar surface area (TPSA) is 135 Å². The molecule has 8 rings (SSSR count). The number of amides is 2. The van der Waals surface area contributed by atoms with Crippen molar-refractivity contribution in [1.82, 2.24) is 39.7 Å². The van der Waals surface area contributed by atoms with Crippen molar-refractivity contribution in [3.05, 3.63) is 95.4 Å². The van der Waals surface area contributed by atoms with Gasteiger partial charge in [0.1, 0.15) is 11.4 Å². The Kier molecular flexibility index (Phi) is 9.59. The van der Waals surface area contributed by atoms with Crippen molar-refractivity contribution in [3.8, 4) is 22.6 Å². The Labute approximate surface area is 314 Å². The number of nitrogens with zero attached hydrogens (tertiary/aromatic N) is 8. The van der Waals surface area contributed by atoms with Crippen LogP contribution >= 0.6 is 11.6 Å². The molecule has 1 saturated heterocycles. The number of aromatic nitrogens is 6. The smallest absolute Gasteiger partial charge is 0.270 e. The van der Waals surface area contributed by atoms with Crippen LogP contribution in [0.4, 0.5) is 10.2 Å². The van der Waals surface area contributed by atoms with Crippen LogP contribution in [0.2, 0.25) is 5.02 Å². The van der Waals surface area contributed by atoms with Crippen LogP contribution in [0.3, 0.4) is 0 Å². The predicted molar refractivity (Wildman–Crippen MR) is 203 cm³/mol. The zero-order valence-electron chi connectivity index (χ0n) is 29.8. The van der Waals surface area contributed by atoms with Crippen molar-refractivity contribution in [2.45, 2.75) is 19.4 Å². The average molecular weight is 750 g/mol. The Morgan fingerprint density at radius 2 is 1.76 bits per heavy atom. The summed E-state index contributed by atoms with van der Waals surface area (Å²) in [6, 6.07) is 12.9. The lowest BCUT2D eigenvalue weighted by atomic mass is 9.93. The first-order valence-corrected chi connectivity index (χ1v) is 18.0. The van der Waals surface area contributed by atoms with Gasteiger partial charge in [0.25, 0.3) is 5.91 Å². The van der Waals surface area contributed by atoms with Crippen LogP contribution in [0.1, 0.15) is 28.9 Å². The lowest BCUT2D eigenvalue weighted by molar-refractivity contribution is -0.131. The van der Waals surface area contributed by atoms with Gasteiger partial charge in [-0.25, -0.2) is 9.37 Å². The van der Waals surface area contributed by atoms with E-state index in [1.165, 1.54) is 0 Å². The summed E-state index contributed by atoms with van der Waals surface area (Å²) in [5, 5.41) is 9.55. The molecule has 6 aromatic rings. The zero-order chi connectivity index (χ0) is 37.3. The molecule has 6 heterocycles. The molecule has 2 aromatic carbocycles. The lowest BCUT2D eigenvalue weighted by Gasteiger charge is -2.35. The summed E-state index contributed by atoms with van der Waals surface area (Å²) in [6.07, 6.45) is 9.35. The Morgan fingerprint density at radius 3 is 2.54 bits per heavy atom. The summed E-state index contributed by atoms with van der Waals surface area (Å²) < 4.78 is 30.0. The Balaban J connectivity index is 1.14. The molecule has 0 unspecified atom stereocenters. The summed E-state index contributed by atoms with van der Waals surface area (Å²) in [4.78, 5) is 45.2. The summed E-state index contributed by atoms with van der Waals surface area (Å²) in [5.41, 5.74) is 3.50. The summed E-state index contributed by atoms with van der Waals surface area (Å²) in [7, 11) is 3.16. The number of carbonyl (C=O) groups is 2. The molecular formula is C39H37ClFN9O4. The Bertz CT molecular complexity index is 2410. The van der Waals surface area contributed by atoms with E-state index in [-0.39, 0.29) is 36.0 Å². The van der Waals surface area contributed by atoms with E-state index in [0.29, 0.717) is 95.7 Å². The van der Waals surface area contributed by atoms with Crippen molar-refractivity contribution >= 4 is 56.6 Å². The number of carbonyl (C=O) groups excluding carboxylic acids is 2. The van der Waals surface area contributed by atoms with Crippen LogP contribution in [0.25, 0.3) is 38.5 Å². The molecule has 276 valence electrons. The number of nitrogens with one attached hydrogen (secondary N) is 1. The number of para-hydroxylation sites is 1. The van der Waals surface area contributed by atoms with Crippen molar-refractivity contribution < 1.29 is 23.5 Å². The van der Waals surface area contributed by atoms with Crippen LogP contribution < -0.4 is 14.4 Å². The molecule has 2 aliphatic heterocycles. The molecule has 0 radical (unpaired) electrons. The second-order valence-electron chi connectivity index (χ2n) is 13.2. The minimum absolute atomic E-state index is 0.0589. The average Bonchev–Trinajstić information content (AvgIpc) is 3.91. The van der Waals surface area contributed by atoms with Gasteiger partial charge in [0.2, 0.25) is 5.91 Å². The largest absolute Gasteiger partial charge is 0.495 e. The Morgan fingerprint density at radius 1 is 0.926 bits per heavy atom. The third-order valence-electron chi connectivity index (χ3n) is 10.1. The maximum absolute atomic E-state index is 16.9. The number of aryl methyl sites for hydroxylation is 1. The molecule has 0 aliphatic carbocycles. The standard InChI is InChI=1S/C39H37ClFN9O4/c1-53-33-18-25(40)21-43-38(33)47-14-16-48(17-15-47)39(52)32-20-29-28(30-22-42-31-8-4-3-7-26(31)37(30)54-2)19-27(35(41)36(29)45-32)24-6-5-11-49(23-24)34(51)9-12-50-13-10-44-46-50/h3-4,6-8,10,13,18-22,45H,5,9,11-12,14-17,23H2,1-2H3. The van der Waals surface area contributed by atoms with Crippen LogP contribution in [0, 0.1) is 5.82 Å². The summed E-state index contributed by atoms with van der Waals surface area (Å²) in [6.45, 7) is 3.01. The first-order chi connectivity index (χ1) is 26.3. The van der Waals surface area contributed by atoms with Gasteiger partial charge in [-0.05, 0) is 41.8 Å². The molecule has 2 aliphatic rings. The van der Waals surface area contributed by atoms with Crippen LogP contribution in [-0.4, -0.2) is 105 Å². The lowest BCUT2D eigenvalue weighted by Crippen LogP contribution is -2.49. The van der Waals surface area contributed by atoms with Gasteiger partial charge in [-0.1, -0.05) is 35.0 Å². The molecule has 1 N–H and O–H groups in total. The van der Waals surface area contributed by atoms with Gasteiger partial charge < -0.3 is 29.2 Å². The van der Waals surface area contributed by atoms with Gasteiger partial charge in [-0.15, -0.1) is 5.10 Å². The SMILES string of the molecule is COc1cc(Cl)cnc1N1CCN(C(=O)c2cc3c(-c4cnc5ccccc5c4OC)cc(C4=CCCN(C(=O)CCn5ccnn5)C4)c(F)c3[nH]2)CC1. The highest BCUT2D eigenvalue weighted by Gasteiger charge is 2.29. The third-order valence-corrected chi connectivity index (χ3v) is 10.3. The molecule has 13 nitrogen and oxygen atoms in total. The number of rotatable bonds is 9. The quantitative estimate of drug-likeness (QED) is 0.193. The summed E-state index contributed by atoms with van der Waals surface area (Å²) >= 11 is 6.13. The maximum Gasteiger partial charge on any atom is 0.270 e. The third kappa shape index (κ3) is 6.57. The number of anilines is 1. The molecular weight excluding hydrogens is 713 g/mol. The maximum atomic E-state index is 16.9. The minimum Gasteiger partial charge on any atom is -0.495 e. The van der Waals surface area contributed by atoms with E-state index in [4.69, 9.17) is 26.1 Å². The first-order valence-electron chi connectivity index (χ1n) is 17.6. The predicted octanol–water partition coefficient (Wildman–Crippen LogP) is 5.85. The van der Waals surface area contributed by atoms with Crippen molar-refractivity contribution in [2.24, 2.45) is 0 Å². The van der Waals surface area contributed by atoms with E-state index in [9.17, 15) is 9.59 Å². The van der Waals surface area contributed by atoms with E-state index in [1.54, 1.807) is 71.7 Å². The minimum atomic E-state index is -0.505. The fraction of sp³-hybridized carbons (Fsp3) is 0.282. The Hall–Kier alpha value is -6.02. The number of halogens is 2. The number of aromatic amines is 1. The van der Waals surface area contributed by atoms with Crippen molar-refractivity contribution in [3.63, 3.8) is 0 Å². The highest BCUT2D eigenvalue weighted by molar-refractivity contribution is 6.30.